The summed E-state index contributed by atoms with van der Waals surface area (Å²) in [5.74, 6) is 0.841. The summed E-state index contributed by atoms with van der Waals surface area (Å²) >= 11 is 1.91. The van der Waals surface area contributed by atoms with Crippen molar-refractivity contribution >= 4 is 52.0 Å². The maximum absolute atomic E-state index is 12.3. The molecule has 2 N–H and O–H groups in total. The number of fused-ring (bicyclic) bond motifs is 1. The molecule has 2 aliphatic heterocycles. The largest absolute Gasteiger partial charge is 0.465 e. The fourth-order valence-electron chi connectivity index (χ4n) is 3.74. The molecule has 2 aliphatic rings. The van der Waals surface area contributed by atoms with Crippen LogP contribution in [0.15, 0.2) is 18.2 Å². The molecule has 28 heavy (non-hydrogen) atoms. The predicted octanol–water partition coefficient (Wildman–Crippen LogP) is 2.40. The number of esters is 1. The lowest BCUT2D eigenvalue weighted by Gasteiger charge is -2.16. The van der Waals surface area contributed by atoms with Crippen molar-refractivity contribution in [2.24, 2.45) is 0 Å². The lowest BCUT2D eigenvalue weighted by molar-refractivity contribution is -0.118. The minimum atomic E-state index is -0.344. The molecule has 0 saturated carbocycles. The molecule has 0 radical (unpaired) electrons. The highest BCUT2D eigenvalue weighted by Crippen LogP contribution is 2.33. The number of hydrogen-bond donors (Lipinski definition) is 2. The van der Waals surface area contributed by atoms with E-state index in [1.807, 2.05) is 23.9 Å². The van der Waals surface area contributed by atoms with Gasteiger partial charge in [0.2, 0.25) is 0 Å². The number of carbonyl (C=O) groups is 3. The molecule has 0 aromatic heterocycles. The summed E-state index contributed by atoms with van der Waals surface area (Å²) in [7, 11) is 4.40. The fourth-order valence-corrected chi connectivity index (χ4v) is 6.61. The molecule has 9 heteroatoms. The van der Waals surface area contributed by atoms with Gasteiger partial charge in [0.1, 0.15) is 5.78 Å². The number of amides is 2. The summed E-state index contributed by atoms with van der Waals surface area (Å²) < 4.78 is 4.80. The molecule has 3 rings (SSSR count). The standard InChI is InChI=1S/C19H26N2O4P2S/c1-25-18(23)13-7-6-11(9-15(13)27-26)8-12(22)4-2-3-5-16-17-14(10-28-16)20-19(24)21-17/h6-7,9,14,16-17,27H,2-5,8,10,26H2,1H3,(H2,20,21,24)/t14?,16-,17?/m1/s1. The van der Waals surface area contributed by atoms with Crippen molar-refractivity contribution < 1.29 is 19.1 Å². The minimum Gasteiger partial charge on any atom is -0.465 e. The van der Waals surface area contributed by atoms with Gasteiger partial charge in [0, 0.05) is 23.8 Å². The molecule has 0 bridgehead atoms. The van der Waals surface area contributed by atoms with Gasteiger partial charge in [-0.3, -0.25) is 4.79 Å². The molecule has 5 atom stereocenters. The van der Waals surface area contributed by atoms with Crippen molar-refractivity contribution in [3.8, 4) is 0 Å². The highest BCUT2D eigenvalue weighted by molar-refractivity contribution is 8.06. The Morgan fingerprint density at radius 3 is 2.89 bits per heavy atom. The predicted molar refractivity (Wildman–Crippen MR) is 118 cm³/mol. The van der Waals surface area contributed by atoms with Crippen LogP contribution in [0.3, 0.4) is 0 Å². The quantitative estimate of drug-likeness (QED) is 0.267. The van der Waals surface area contributed by atoms with E-state index < -0.39 is 0 Å². The van der Waals surface area contributed by atoms with E-state index in [9.17, 15) is 14.4 Å². The zero-order valence-electron chi connectivity index (χ0n) is 15.8. The number of benzene rings is 1. The van der Waals surface area contributed by atoms with E-state index in [1.54, 1.807) is 6.07 Å². The summed E-state index contributed by atoms with van der Waals surface area (Å²) in [6, 6.07) is 5.94. The fraction of sp³-hybridized carbons (Fsp3) is 0.526. The number of rotatable bonds is 9. The third kappa shape index (κ3) is 5.25. The van der Waals surface area contributed by atoms with Crippen molar-refractivity contribution in [3.63, 3.8) is 0 Å². The first-order valence-electron chi connectivity index (χ1n) is 9.40. The van der Waals surface area contributed by atoms with Crippen molar-refractivity contribution in [2.75, 3.05) is 12.9 Å². The molecule has 2 amide bonds. The maximum atomic E-state index is 12.3. The number of ether oxygens (including phenoxy) is 1. The molecule has 2 heterocycles. The van der Waals surface area contributed by atoms with E-state index in [0.29, 0.717) is 31.9 Å². The number of Topliss-reactive ketones (excluding diaryl/α,β-unsaturated/α-hetero) is 1. The molecule has 0 spiro atoms. The second-order valence-electron chi connectivity index (χ2n) is 7.10. The van der Waals surface area contributed by atoms with Crippen molar-refractivity contribution in [1.82, 2.24) is 10.6 Å². The second kappa shape index (κ2) is 10.0. The van der Waals surface area contributed by atoms with Crippen LogP contribution in [0.1, 0.15) is 41.6 Å². The number of nitrogens with one attached hydrogen (secondary N) is 2. The van der Waals surface area contributed by atoms with Gasteiger partial charge in [-0.25, -0.2) is 9.59 Å². The molecule has 1 aromatic carbocycles. The van der Waals surface area contributed by atoms with E-state index >= 15 is 0 Å². The number of urea groups is 1. The average molecular weight is 440 g/mol. The smallest absolute Gasteiger partial charge is 0.338 e. The number of thioether (sulfide) groups is 1. The first-order chi connectivity index (χ1) is 13.5. The average Bonchev–Trinajstić information content (AvgIpc) is 3.23. The minimum absolute atomic E-state index is 0.0563. The van der Waals surface area contributed by atoms with Gasteiger partial charge in [-0.05, 0) is 35.8 Å². The molecule has 152 valence electrons. The Morgan fingerprint density at radius 2 is 2.14 bits per heavy atom. The van der Waals surface area contributed by atoms with Crippen LogP contribution in [0.2, 0.25) is 0 Å². The van der Waals surface area contributed by atoms with Crippen molar-refractivity contribution in [1.29, 1.82) is 0 Å². The first kappa shape index (κ1) is 21.5. The molecule has 6 nitrogen and oxygen atoms in total. The van der Waals surface area contributed by atoms with Gasteiger partial charge in [-0.2, -0.15) is 11.8 Å². The molecule has 2 fully saturated rings. The van der Waals surface area contributed by atoms with Crippen LogP contribution in [0.5, 0.6) is 0 Å². The van der Waals surface area contributed by atoms with Crippen LogP contribution in [-0.4, -0.2) is 48.0 Å². The van der Waals surface area contributed by atoms with Crippen LogP contribution in [-0.2, 0) is 16.0 Å². The Morgan fingerprint density at radius 1 is 1.32 bits per heavy atom. The maximum Gasteiger partial charge on any atom is 0.338 e. The monoisotopic (exact) mass is 440 g/mol. The van der Waals surface area contributed by atoms with Crippen molar-refractivity contribution in [3.05, 3.63) is 29.3 Å². The molecular formula is C19H26N2O4P2S. The summed E-state index contributed by atoms with van der Waals surface area (Å²) in [5.41, 5.74) is 1.50. The Labute approximate surface area is 173 Å². The van der Waals surface area contributed by atoms with Crippen LogP contribution in [0.4, 0.5) is 4.79 Å². The SMILES string of the molecule is COC(=O)c1ccc(CC(=O)CCCC[C@H]2SCC3NC(=O)NC32)cc1PP. The molecule has 2 saturated heterocycles. The van der Waals surface area contributed by atoms with Gasteiger partial charge in [0.05, 0.1) is 24.8 Å². The summed E-state index contributed by atoms with van der Waals surface area (Å²) in [5, 5.41) is 7.30. The van der Waals surface area contributed by atoms with E-state index in [4.69, 9.17) is 4.74 Å². The first-order valence-corrected chi connectivity index (χ1v) is 13.3. The van der Waals surface area contributed by atoms with Crippen LogP contribution in [0.25, 0.3) is 0 Å². The highest BCUT2D eigenvalue weighted by Gasteiger charge is 2.42. The Balaban J connectivity index is 1.42. The molecule has 0 aliphatic carbocycles. The van der Waals surface area contributed by atoms with E-state index in [2.05, 4.69) is 19.6 Å². The van der Waals surface area contributed by atoms with Gasteiger partial charge < -0.3 is 15.4 Å². The molecule has 4 unspecified atom stereocenters. The van der Waals surface area contributed by atoms with Gasteiger partial charge in [-0.1, -0.05) is 20.8 Å². The van der Waals surface area contributed by atoms with Crippen LogP contribution >= 0.6 is 29.0 Å². The number of carbonyl (C=O) groups excluding carboxylic acids is 3. The normalized spacial score (nSPS) is 23.5. The lowest BCUT2D eigenvalue weighted by Crippen LogP contribution is -2.36. The highest BCUT2D eigenvalue weighted by atomic mass is 32.2. The summed E-state index contributed by atoms with van der Waals surface area (Å²) in [6.45, 7) is 0. The molecule has 1 aromatic rings. The Kier molecular flexibility index (Phi) is 7.73. The Hall–Kier alpha value is -1.16. The van der Waals surface area contributed by atoms with Gasteiger partial charge in [0.25, 0.3) is 0 Å². The number of ketones is 1. The third-order valence-corrected chi connectivity index (χ3v) is 8.34. The van der Waals surface area contributed by atoms with Crippen molar-refractivity contribution in [2.45, 2.75) is 49.4 Å². The zero-order chi connectivity index (χ0) is 20.1. The topological polar surface area (TPSA) is 84.5 Å². The van der Waals surface area contributed by atoms with E-state index in [0.717, 1.165) is 35.9 Å². The zero-order valence-corrected chi connectivity index (χ0v) is 18.8. The van der Waals surface area contributed by atoms with Gasteiger partial charge in [-0.15, -0.1) is 8.93 Å². The molecular weight excluding hydrogens is 414 g/mol. The van der Waals surface area contributed by atoms with Crippen LogP contribution in [0, 0.1) is 0 Å². The third-order valence-electron chi connectivity index (χ3n) is 5.18. The van der Waals surface area contributed by atoms with E-state index in [1.165, 1.54) is 7.11 Å². The number of unbranched alkanes of at least 4 members (excludes halogenated alkanes) is 1. The lowest BCUT2D eigenvalue weighted by atomic mass is 10.00. The Bertz CT molecular complexity index is 761. The second-order valence-corrected chi connectivity index (χ2v) is 10.1. The number of hydrogen-bond acceptors (Lipinski definition) is 5. The number of methoxy groups -OCH3 is 1. The van der Waals surface area contributed by atoms with Gasteiger partial charge in [0.15, 0.2) is 0 Å². The van der Waals surface area contributed by atoms with Crippen LogP contribution < -0.4 is 15.9 Å². The van der Waals surface area contributed by atoms with E-state index in [-0.39, 0.29) is 29.9 Å². The summed E-state index contributed by atoms with van der Waals surface area (Å²) in [4.78, 5) is 35.5. The van der Waals surface area contributed by atoms with Gasteiger partial charge >= 0.3 is 12.0 Å². The summed E-state index contributed by atoms with van der Waals surface area (Å²) in [6.07, 6.45) is 3.84.